The highest BCUT2D eigenvalue weighted by Crippen LogP contribution is 2.31. The summed E-state index contributed by atoms with van der Waals surface area (Å²) in [4.78, 5) is 32.0. The highest BCUT2D eigenvalue weighted by Gasteiger charge is 2.33. The minimum atomic E-state index is -0.681. The maximum Gasteiger partial charge on any atom is 0.338 e. The van der Waals surface area contributed by atoms with E-state index in [4.69, 9.17) is 21.1 Å². The number of thiazole rings is 1. The molecule has 0 N–H and O–H groups in total. The molecular weight excluding hydrogens is 484 g/mol. The Morgan fingerprint density at radius 2 is 1.77 bits per heavy atom. The molecule has 2 aromatic carbocycles. The zero-order valence-electron chi connectivity index (χ0n) is 20.2. The van der Waals surface area contributed by atoms with Crippen molar-refractivity contribution in [3.8, 4) is 5.75 Å². The van der Waals surface area contributed by atoms with Gasteiger partial charge in [0.15, 0.2) is 4.80 Å². The number of fused-ring (bicyclic) bond motifs is 1. The number of nitrogens with zero attached hydrogens (tertiary/aromatic N) is 2. The molecule has 8 heteroatoms. The van der Waals surface area contributed by atoms with E-state index in [1.807, 2.05) is 56.3 Å². The van der Waals surface area contributed by atoms with Crippen LogP contribution in [-0.4, -0.2) is 22.7 Å². The summed E-state index contributed by atoms with van der Waals surface area (Å²) in [5.41, 5.74) is 2.16. The maximum absolute atomic E-state index is 13.7. The van der Waals surface area contributed by atoms with E-state index in [0.29, 0.717) is 31.4 Å². The molecule has 0 fully saturated rings. The van der Waals surface area contributed by atoms with Crippen molar-refractivity contribution in [2.45, 2.75) is 52.9 Å². The monoisotopic (exact) mass is 510 g/mol. The first-order valence-corrected chi connectivity index (χ1v) is 12.6. The zero-order valence-corrected chi connectivity index (χ0v) is 21.8. The van der Waals surface area contributed by atoms with Gasteiger partial charge in [0.25, 0.3) is 5.56 Å². The predicted molar refractivity (Wildman–Crippen MR) is 139 cm³/mol. The summed E-state index contributed by atoms with van der Waals surface area (Å²) in [5, 5.41) is 0.565. The largest absolute Gasteiger partial charge is 0.490 e. The minimum absolute atomic E-state index is 0.00662. The number of hydrogen-bond acceptors (Lipinski definition) is 6. The molecule has 1 unspecified atom stereocenters. The van der Waals surface area contributed by atoms with Crippen LogP contribution < -0.4 is 19.6 Å². The second-order valence-electron chi connectivity index (χ2n) is 8.79. The molecule has 0 amide bonds. The van der Waals surface area contributed by atoms with Gasteiger partial charge in [-0.3, -0.25) is 9.36 Å². The first-order chi connectivity index (χ1) is 16.7. The van der Waals surface area contributed by atoms with Crippen molar-refractivity contribution >= 4 is 35.0 Å². The maximum atomic E-state index is 13.7. The molecule has 3 aromatic rings. The fourth-order valence-electron chi connectivity index (χ4n) is 3.92. The molecule has 0 spiro atoms. The van der Waals surface area contributed by atoms with Gasteiger partial charge in [-0.05, 0) is 64.5 Å². The highest BCUT2D eigenvalue weighted by molar-refractivity contribution is 7.07. The highest BCUT2D eigenvalue weighted by atomic mass is 35.5. The third kappa shape index (κ3) is 5.26. The number of rotatable bonds is 6. The van der Waals surface area contributed by atoms with Crippen LogP contribution in [0.5, 0.6) is 5.75 Å². The number of carbonyl (C=O) groups is 1. The normalized spacial score (nSPS) is 15.9. The van der Waals surface area contributed by atoms with E-state index in [1.165, 1.54) is 11.3 Å². The number of halogens is 1. The molecule has 6 nitrogen and oxygen atoms in total. The second kappa shape index (κ2) is 10.2. The molecule has 1 aliphatic rings. The van der Waals surface area contributed by atoms with Crippen LogP contribution in [0.2, 0.25) is 5.02 Å². The Balaban J connectivity index is 1.93. The number of para-hydroxylation sites is 1. The summed E-state index contributed by atoms with van der Waals surface area (Å²) < 4.78 is 13.5. The van der Waals surface area contributed by atoms with E-state index in [1.54, 1.807) is 37.5 Å². The number of hydrogen-bond donors (Lipinski definition) is 0. The van der Waals surface area contributed by atoms with Crippen LogP contribution in [0, 0.1) is 0 Å². The Bertz CT molecular complexity index is 1470. The van der Waals surface area contributed by atoms with Crippen molar-refractivity contribution in [2.75, 3.05) is 0 Å². The molecule has 1 atom stereocenters. The van der Waals surface area contributed by atoms with Crippen LogP contribution in [-0.2, 0) is 9.53 Å². The van der Waals surface area contributed by atoms with Crippen LogP contribution in [0.3, 0.4) is 0 Å². The molecule has 0 radical (unpaired) electrons. The van der Waals surface area contributed by atoms with Crippen molar-refractivity contribution in [3.63, 3.8) is 0 Å². The molecular formula is C27H27ClN2O4S. The molecule has 0 bridgehead atoms. The molecule has 35 heavy (non-hydrogen) atoms. The van der Waals surface area contributed by atoms with Gasteiger partial charge in [-0.15, -0.1) is 0 Å². The van der Waals surface area contributed by atoms with Gasteiger partial charge in [-0.2, -0.15) is 0 Å². The van der Waals surface area contributed by atoms with Crippen LogP contribution in [0.25, 0.3) is 6.08 Å². The summed E-state index contributed by atoms with van der Waals surface area (Å²) in [6.45, 7) is 9.26. The van der Waals surface area contributed by atoms with Crippen LogP contribution >= 0.6 is 22.9 Å². The SMILES string of the molecule is CC1=C(C(=O)OC(C)C)C(c2ccc(Cl)cc2)n2c(sc(=Cc3ccccc3OC(C)C)c2=O)=N1. The molecule has 1 aliphatic heterocycles. The summed E-state index contributed by atoms with van der Waals surface area (Å²) in [7, 11) is 0. The lowest BCUT2D eigenvalue weighted by Crippen LogP contribution is -2.40. The van der Waals surface area contributed by atoms with Gasteiger partial charge in [-0.25, -0.2) is 9.79 Å². The zero-order chi connectivity index (χ0) is 25.3. The third-order valence-corrected chi connectivity index (χ3v) is 6.57. The van der Waals surface area contributed by atoms with E-state index in [-0.39, 0.29) is 17.8 Å². The van der Waals surface area contributed by atoms with Crippen LogP contribution in [0.4, 0.5) is 0 Å². The summed E-state index contributed by atoms with van der Waals surface area (Å²) in [6.07, 6.45) is 1.50. The molecule has 0 saturated heterocycles. The molecule has 0 saturated carbocycles. The molecule has 1 aromatic heterocycles. The van der Waals surface area contributed by atoms with E-state index in [0.717, 1.165) is 11.1 Å². The Hall–Kier alpha value is -3.16. The number of carbonyl (C=O) groups excluding carboxylic acids is 1. The Morgan fingerprint density at radius 3 is 2.43 bits per heavy atom. The van der Waals surface area contributed by atoms with Crippen molar-refractivity contribution in [2.24, 2.45) is 4.99 Å². The lowest BCUT2D eigenvalue weighted by molar-refractivity contribution is -0.143. The van der Waals surface area contributed by atoms with Crippen molar-refractivity contribution < 1.29 is 14.3 Å². The molecule has 4 rings (SSSR count). The van der Waals surface area contributed by atoms with Crippen molar-refractivity contribution in [1.29, 1.82) is 0 Å². The van der Waals surface area contributed by atoms with E-state index in [2.05, 4.69) is 4.99 Å². The lowest BCUT2D eigenvalue weighted by Gasteiger charge is -2.25. The van der Waals surface area contributed by atoms with Crippen LogP contribution in [0.1, 0.15) is 51.8 Å². The Labute approximate surface area is 212 Å². The predicted octanol–water partition coefficient (Wildman–Crippen LogP) is 4.63. The van der Waals surface area contributed by atoms with Crippen LogP contribution in [0.15, 0.2) is 69.6 Å². The summed E-state index contributed by atoms with van der Waals surface area (Å²) in [6, 6.07) is 14.0. The van der Waals surface area contributed by atoms with Crippen molar-refractivity contribution in [3.05, 3.63) is 95.6 Å². The van der Waals surface area contributed by atoms with E-state index >= 15 is 0 Å². The number of benzene rings is 2. The van der Waals surface area contributed by atoms with Gasteiger partial charge in [0.1, 0.15) is 5.75 Å². The van der Waals surface area contributed by atoms with Gasteiger partial charge in [0, 0.05) is 10.6 Å². The number of esters is 1. The standard InChI is InChI=1S/C27H27ClN2O4S/c1-15(2)33-21-9-7-6-8-19(21)14-22-25(31)30-24(18-10-12-20(28)13-11-18)23(26(32)34-16(3)4)17(5)29-27(30)35-22/h6-16,24H,1-5H3. The lowest BCUT2D eigenvalue weighted by atomic mass is 9.96. The van der Waals surface area contributed by atoms with Gasteiger partial charge >= 0.3 is 5.97 Å². The van der Waals surface area contributed by atoms with E-state index in [9.17, 15) is 9.59 Å². The van der Waals surface area contributed by atoms with Gasteiger partial charge in [-0.1, -0.05) is 53.3 Å². The van der Waals surface area contributed by atoms with Crippen molar-refractivity contribution in [1.82, 2.24) is 4.57 Å². The van der Waals surface area contributed by atoms with E-state index < -0.39 is 12.0 Å². The first-order valence-electron chi connectivity index (χ1n) is 11.4. The van der Waals surface area contributed by atoms with Gasteiger partial charge < -0.3 is 9.47 Å². The fourth-order valence-corrected chi connectivity index (χ4v) is 5.09. The smallest absolute Gasteiger partial charge is 0.338 e. The first kappa shape index (κ1) is 24.9. The summed E-state index contributed by atoms with van der Waals surface area (Å²) in [5.74, 6) is 0.200. The second-order valence-corrected chi connectivity index (χ2v) is 10.2. The average Bonchev–Trinajstić information content (AvgIpc) is 3.08. The summed E-state index contributed by atoms with van der Waals surface area (Å²) >= 11 is 7.40. The topological polar surface area (TPSA) is 69.9 Å². The number of allylic oxidation sites excluding steroid dienone is 1. The Kier molecular flexibility index (Phi) is 7.28. The number of aromatic nitrogens is 1. The molecule has 2 heterocycles. The van der Waals surface area contributed by atoms with Gasteiger partial charge in [0.05, 0.1) is 34.1 Å². The molecule has 182 valence electrons. The quantitative estimate of drug-likeness (QED) is 0.453. The fraction of sp³-hybridized carbons (Fsp3) is 0.296. The average molecular weight is 511 g/mol. The molecule has 0 aliphatic carbocycles. The Morgan fingerprint density at radius 1 is 1.09 bits per heavy atom. The number of ether oxygens (including phenoxy) is 2. The minimum Gasteiger partial charge on any atom is -0.490 e. The van der Waals surface area contributed by atoms with Gasteiger partial charge in [0.2, 0.25) is 0 Å². The third-order valence-electron chi connectivity index (χ3n) is 5.34.